The highest BCUT2D eigenvalue weighted by Gasteiger charge is 2.36. The van der Waals surface area contributed by atoms with E-state index >= 15 is 0 Å². The first-order valence-electron chi connectivity index (χ1n) is 5.52. The zero-order chi connectivity index (χ0) is 11.5. The number of amides is 1. The van der Waals surface area contributed by atoms with Crippen molar-refractivity contribution in [2.45, 2.75) is 19.4 Å². The summed E-state index contributed by atoms with van der Waals surface area (Å²) in [6.07, 6.45) is 4.34. The molecule has 0 bridgehead atoms. The molecule has 0 aliphatic carbocycles. The molecular weight excluding hydrogens is 204 g/mol. The van der Waals surface area contributed by atoms with Gasteiger partial charge in [0.1, 0.15) is 0 Å². The predicted octanol–water partition coefficient (Wildman–Crippen LogP) is 0.983. The maximum Gasteiger partial charge on any atom is 0.219 e. The van der Waals surface area contributed by atoms with Gasteiger partial charge in [0, 0.05) is 38.4 Å². The standard InChI is InChI=1S/C12H16N2O2/c1-9(16)14-6-4-11(8-15)12(14)10-3-2-5-13-7-10/h2-3,5,7,11-12,15H,4,6,8H2,1H3/t11-,12-/m1/s1. The fourth-order valence-corrected chi connectivity index (χ4v) is 2.40. The van der Waals surface area contributed by atoms with Gasteiger partial charge in [-0.25, -0.2) is 0 Å². The van der Waals surface area contributed by atoms with Crippen LogP contribution in [0.2, 0.25) is 0 Å². The fraction of sp³-hybridized carbons (Fsp3) is 0.500. The first-order valence-corrected chi connectivity index (χ1v) is 5.52. The van der Waals surface area contributed by atoms with E-state index in [2.05, 4.69) is 4.98 Å². The van der Waals surface area contributed by atoms with Gasteiger partial charge in [-0.1, -0.05) is 6.07 Å². The van der Waals surface area contributed by atoms with Crippen LogP contribution in [0.4, 0.5) is 0 Å². The zero-order valence-electron chi connectivity index (χ0n) is 9.34. The Morgan fingerprint density at radius 1 is 1.69 bits per heavy atom. The summed E-state index contributed by atoms with van der Waals surface area (Å²) < 4.78 is 0. The van der Waals surface area contributed by atoms with Gasteiger partial charge in [-0.3, -0.25) is 9.78 Å². The molecule has 0 radical (unpaired) electrons. The Balaban J connectivity index is 2.30. The van der Waals surface area contributed by atoms with E-state index in [1.807, 2.05) is 17.0 Å². The van der Waals surface area contributed by atoms with Crippen LogP contribution in [0.1, 0.15) is 24.9 Å². The van der Waals surface area contributed by atoms with Gasteiger partial charge in [0.15, 0.2) is 0 Å². The van der Waals surface area contributed by atoms with Crippen LogP contribution in [0.25, 0.3) is 0 Å². The highest BCUT2D eigenvalue weighted by atomic mass is 16.3. The van der Waals surface area contributed by atoms with Crippen molar-refractivity contribution >= 4 is 5.91 Å². The highest BCUT2D eigenvalue weighted by Crippen LogP contribution is 2.36. The van der Waals surface area contributed by atoms with Crippen molar-refractivity contribution in [1.29, 1.82) is 0 Å². The van der Waals surface area contributed by atoms with E-state index in [0.29, 0.717) is 0 Å². The summed E-state index contributed by atoms with van der Waals surface area (Å²) in [6, 6.07) is 3.80. The second kappa shape index (κ2) is 4.61. The Morgan fingerprint density at radius 2 is 2.50 bits per heavy atom. The number of rotatable bonds is 2. The van der Waals surface area contributed by atoms with E-state index in [1.54, 1.807) is 19.3 Å². The molecule has 1 N–H and O–H groups in total. The van der Waals surface area contributed by atoms with E-state index in [0.717, 1.165) is 18.5 Å². The molecule has 2 rings (SSSR count). The third kappa shape index (κ3) is 1.93. The molecule has 1 fully saturated rings. The number of carbonyl (C=O) groups is 1. The lowest BCUT2D eigenvalue weighted by atomic mass is 9.95. The van der Waals surface area contributed by atoms with Gasteiger partial charge in [-0.05, 0) is 18.1 Å². The fourth-order valence-electron chi connectivity index (χ4n) is 2.40. The van der Waals surface area contributed by atoms with Crippen molar-refractivity contribution < 1.29 is 9.90 Å². The molecule has 4 nitrogen and oxygen atoms in total. The summed E-state index contributed by atoms with van der Waals surface area (Å²) in [5, 5.41) is 9.34. The molecule has 0 aromatic carbocycles. The van der Waals surface area contributed by atoms with Gasteiger partial charge in [0.25, 0.3) is 0 Å². The van der Waals surface area contributed by atoms with Crippen molar-refractivity contribution in [3.05, 3.63) is 30.1 Å². The molecule has 0 unspecified atom stereocenters. The average Bonchev–Trinajstić information content (AvgIpc) is 2.73. The molecule has 2 atom stereocenters. The van der Waals surface area contributed by atoms with Crippen LogP contribution in [0.5, 0.6) is 0 Å². The Labute approximate surface area is 94.9 Å². The van der Waals surface area contributed by atoms with Gasteiger partial charge >= 0.3 is 0 Å². The topological polar surface area (TPSA) is 53.4 Å². The summed E-state index contributed by atoms with van der Waals surface area (Å²) in [7, 11) is 0. The van der Waals surface area contributed by atoms with Crippen molar-refractivity contribution in [3.8, 4) is 0 Å². The Kier molecular flexibility index (Phi) is 3.19. The maximum absolute atomic E-state index is 11.5. The molecule has 1 aliphatic heterocycles. The molecule has 1 aromatic heterocycles. The normalized spacial score (nSPS) is 24.8. The second-order valence-corrected chi connectivity index (χ2v) is 4.17. The number of pyridine rings is 1. The summed E-state index contributed by atoms with van der Waals surface area (Å²) in [5.74, 6) is 0.193. The number of aromatic nitrogens is 1. The summed E-state index contributed by atoms with van der Waals surface area (Å²) in [6.45, 7) is 2.41. The van der Waals surface area contributed by atoms with Crippen LogP contribution >= 0.6 is 0 Å². The SMILES string of the molecule is CC(=O)N1CC[C@H](CO)[C@H]1c1cccnc1. The minimum absolute atomic E-state index is 0.0174. The molecule has 16 heavy (non-hydrogen) atoms. The molecule has 1 aromatic rings. The number of nitrogens with zero attached hydrogens (tertiary/aromatic N) is 2. The van der Waals surface area contributed by atoms with Crippen molar-refractivity contribution in [2.75, 3.05) is 13.2 Å². The lowest BCUT2D eigenvalue weighted by molar-refractivity contribution is -0.130. The zero-order valence-corrected chi connectivity index (χ0v) is 9.34. The van der Waals surface area contributed by atoms with Crippen LogP contribution in [0.3, 0.4) is 0 Å². The molecular formula is C12H16N2O2. The minimum Gasteiger partial charge on any atom is -0.396 e. The monoisotopic (exact) mass is 220 g/mol. The number of carbonyl (C=O) groups excluding carboxylic acids is 1. The smallest absolute Gasteiger partial charge is 0.219 e. The maximum atomic E-state index is 11.5. The Bertz CT molecular complexity index is 367. The van der Waals surface area contributed by atoms with Gasteiger partial charge in [0.05, 0.1) is 6.04 Å². The predicted molar refractivity (Wildman–Crippen MR) is 59.6 cm³/mol. The lowest BCUT2D eigenvalue weighted by Crippen LogP contribution is -2.30. The van der Waals surface area contributed by atoms with Crippen LogP contribution in [-0.2, 0) is 4.79 Å². The van der Waals surface area contributed by atoms with Crippen molar-refractivity contribution in [1.82, 2.24) is 9.88 Å². The highest BCUT2D eigenvalue weighted by molar-refractivity contribution is 5.74. The van der Waals surface area contributed by atoms with E-state index in [4.69, 9.17) is 0 Å². The quantitative estimate of drug-likeness (QED) is 0.808. The molecule has 86 valence electrons. The van der Waals surface area contributed by atoms with E-state index in [9.17, 15) is 9.90 Å². The van der Waals surface area contributed by atoms with Crippen LogP contribution in [-0.4, -0.2) is 34.0 Å². The third-order valence-corrected chi connectivity index (χ3v) is 3.19. The number of aliphatic hydroxyl groups is 1. The van der Waals surface area contributed by atoms with Crippen molar-refractivity contribution in [2.24, 2.45) is 5.92 Å². The summed E-state index contributed by atoms with van der Waals surface area (Å²) in [5.41, 5.74) is 1.01. The number of hydrogen-bond acceptors (Lipinski definition) is 3. The number of likely N-dealkylation sites (tertiary alicyclic amines) is 1. The summed E-state index contributed by atoms with van der Waals surface area (Å²) in [4.78, 5) is 17.4. The van der Waals surface area contributed by atoms with E-state index in [-0.39, 0.29) is 24.5 Å². The van der Waals surface area contributed by atoms with Crippen molar-refractivity contribution in [3.63, 3.8) is 0 Å². The number of hydrogen-bond donors (Lipinski definition) is 1. The van der Waals surface area contributed by atoms with Gasteiger partial charge < -0.3 is 10.0 Å². The van der Waals surface area contributed by atoms with E-state index in [1.165, 1.54) is 0 Å². The second-order valence-electron chi connectivity index (χ2n) is 4.17. The minimum atomic E-state index is -0.0174. The van der Waals surface area contributed by atoms with Gasteiger partial charge in [-0.15, -0.1) is 0 Å². The van der Waals surface area contributed by atoms with Gasteiger partial charge in [0.2, 0.25) is 5.91 Å². The lowest BCUT2D eigenvalue weighted by Gasteiger charge is -2.26. The molecule has 0 saturated carbocycles. The molecule has 1 aliphatic rings. The van der Waals surface area contributed by atoms with Gasteiger partial charge in [-0.2, -0.15) is 0 Å². The largest absolute Gasteiger partial charge is 0.396 e. The molecule has 4 heteroatoms. The summed E-state index contributed by atoms with van der Waals surface area (Å²) >= 11 is 0. The van der Waals surface area contributed by atoms with Crippen LogP contribution < -0.4 is 0 Å². The van der Waals surface area contributed by atoms with Crippen LogP contribution in [0.15, 0.2) is 24.5 Å². The van der Waals surface area contributed by atoms with E-state index < -0.39 is 0 Å². The molecule has 1 amide bonds. The van der Waals surface area contributed by atoms with Crippen LogP contribution in [0, 0.1) is 5.92 Å². The molecule has 0 spiro atoms. The third-order valence-electron chi connectivity index (χ3n) is 3.19. The number of aliphatic hydroxyl groups excluding tert-OH is 1. The Hall–Kier alpha value is -1.42. The first kappa shape index (κ1) is 11.1. The molecule has 1 saturated heterocycles. The first-order chi connectivity index (χ1) is 7.74. The Morgan fingerprint density at radius 3 is 3.06 bits per heavy atom. The average molecular weight is 220 g/mol. The molecule has 2 heterocycles.